The highest BCUT2D eigenvalue weighted by Gasteiger charge is 2.44. The summed E-state index contributed by atoms with van der Waals surface area (Å²) in [6, 6.07) is 7.14. The largest absolute Gasteiger partial charge is 0.456 e. The third-order valence-corrected chi connectivity index (χ3v) is 4.96. The molecule has 152 valence electrons. The molecular formula is C19H25N3O6. The minimum Gasteiger partial charge on any atom is -0.456 e. The smallest absolute Gasteiger partial charge is 0.307 e. The number of carbonyl (C=O) groups is 3. The molecule has 9 nitrogen and oxygen atoms in total. The molecule has 1 aliphatic rings. The van der Waals surface area contributed by atoms with Crippen LogP contribution < -0.4 is 10.2 Å². The number of carbonyl (C=O) groups excluding carboxylic acids is 3. The van der Waals surface area contributed by atoms with E-state index in [2.05, 4.69) is 5.32 Å². The first-order chi connectivity index (χ1) is 13.2. The van der Waals surface area contributed by atoms with E-state index in [9.17, 15) is 24.5 Å². The standard InChI is InChI=1S/C19H25N3O6/c1-12-8-17(23)15(16(12)10-22(26)27)9-19(25)28-11-18(24)20-13-4-6-14(7-5-13)21(2)3/h4-7,12,15-16H,8-11H2,1-3H3,(H,20,24)/t12-,15-,16+/m0/s1. The summed E-state index contributed by atoms with van der Waals surface area (Å²) in [5.74, 6) is -2.74. The van der Waals surface area contributed by atoms with Crippen molar-refractivity contribution in [2.75, 3.05) is 37.5 Å². The van der Waals surface area contributed by atoms with Gasteiger partial charge >= 0.3 is 5.97 Å². The first-order valence-corrected chi connectivity index (χ1v) is 9.04. The number of nitro groups is 1. The second kappa shape index (κ2) is 9.29. The van der Waals surface area contributed by atoms with E-state index in [-0.39, 0.29) is 31.1 Å². The van der Waals surface area contributed by atoms with Crippen molar-refractivity contribution in [1.82, 2.24) is 0 Å². The lowest BCUT2D eigenvalue weighted by atomic mass is 9.88. The molecule has 0 aliphatic heterocycles. The zero-order valence-corrected chi connectivity index (χ0v) is 16.2. The number of nitrogens with one attached hydrogen (secondary N) is 1. The maximum Gasteiger partial charge on any atom is 0.307 e. The molecule has 0 saturated heterocycles. The minimum atomic E-state index is -0.727. The van der Waals surface area contributed by atoms with Gasteiger partial charge in [0.1, 0.15) is 5.78 Å². The second-order valence-corrected chi connectivity index (χ2v) is 7.29. The molecular weight excluding hydrogens is 366 g/mol. The normalized spacial score (nSPS) is 21.2. The molecule has 1 N–H and O–H groups in total. The molecule has 0 radical (unpaired) electrons. The van der Waals surface area contributed by atoms with Gasteiger partial charge in [0.2, 0.25) is 6.54 Å². The van der Waals surface area contributed by atoms with Crippen LogP contribution in [0.5, 0.6) is 0 Å². The van der Waals surface area contributed by atoms with Gasteiger partial charge in [-0.2, -0.15) is 0 Å². The van der Waals surface area contributed by atoms with Crippen LogP contribution >= 0.6 is 0 Å². The summed E-state index contributed by atoms with van der Waals surface area (Å²) in [6.07, 6.45) is -0.0215. The Kier molecular flexibility index (Phi) is 7.08. The Bertz CT molecular complexity index is 747. The van der Waals surface area contributed by atoms with Gasteiger partial charge in [-0.1, -0.05) is 6.92 Å². The monoisotopic (exact) mass is 391 g/mol. The van der Waals surface area contributed by atoms with E-state index >= 15 is 0 Å². The van der Waals surface area contributed by atoms with Gasteiger partial charge in [0.15, 0.2) is 6.61 Å². The predicted octanol–water partition coefficient (Wildman–Crippen LogP) is 1.74. The van der Waals surface area contributed by atoms with Crippen LogP contribution in [0.3, 0.4) is 0 Å². The Morgan fingerprint density at radius 3 is 2.50 bits per heavy atom. The zero-order valence-electron chi connectivity index (χ0n) is 16.2. The Balaban J connectivity index is 1.83. The van der Waals surface area contributed by atoms with Crippen molar-refractivity contribution in [2.45, 2.75) is 19.8 Å². The van der Waals surface area contributed by atoms with Crippen LogP contribution in [0.1, 0.15) is 19.8 Å². The number of anilines is 2. The Labute approximate surface area is 163 Å². The van der Waals surface area contributed by atoms with E-state index in [0.717, 1.165) is 5.69 Å². The highest BCUT2D eigenvalue weighted by molar-refractivity contribution is 5.93. The molecule has 3 atom stereocenters. The van der Waals surface area contributed by atoms with E-state index < -0.39 is 35.2 Å². The fraction of sp³-hybridized carbons (Fsp3) is 0.526. The summed E-state index contributed by atoms with van der Waals surface area (Å²) in [6.45, 7) is 0.936. The summed E-state index contributed by atoms with van der Waals surface area (Å²) < 4.78 is 4.96. The van der Waals surface area contributed by atoms with Crippen LogP contribution in [0.4, 0.5) is 11.4 Å². The highest BCUT2D eigenvalue weighted by Crippen LogP contribution is 2.36. The van der Waals surface area contributed by atoms with Gasteiger partial charge in [0.05, 0.1) is 6.42 Å². The number of esters is 1. The van der Waals surface area contributed by atoms with Crippen LogP contribution in [0.25, 0.3) is 0 Å². The lowest BCUT2D eigenvalue weighted by molar-refractivity contribution is -0.490. The second-order valence-electron chi connectivity index (χ2n) is 7.29. The van der Waals surface area contributed by atoms with Crippen LogP contribution in [0.2, 0.25) is 0 Å². The fourth-order valence-electron chi connectivity index (χ4n) is 3.42. The number of hydrogen-bond acceptors (Lipinski definition) is 7. The van der Waals surface area contributed by atoms with E-state index in [1.54, 1.807) is 19.1 Å². The Hall–Kier alpha value is -2.97. The topological polar surface area (TPSA) is 119 Å². The molecule has 1 aromatic carbocycles. The fourth-order valence-corrected chi connectivity index (χ4v) is 3.42. The molecule has 0 spiro atoms. The summed E-state index contributed by atoms with van der Waals surface area (Å²) >= 11 is 0. The number of rotatable bonds is 8. The van der Waals surface area contributed by atoms with Crippen molar-refractivity contribution in [3.8, 4) is 0 Å². The number of nitrogens with zero attached hydrogens (tertiary/aromatic N) is 2. The van der Waals surface area contributed by atoms with Crippen molar-refractivity contribution in [3.63, 3.8) is 0 Å². The Morgan fingerprint density at radius 1 is 1.29 bits per heavy atom. The van der Waals surface area contributed by atoms with E-state index in [0.29, 0.717) is 5.69 Å². The van der Waals surface area contributed by atoms with Crippen LogP contribution in [0.15, 0.2) is 24.3 Å². The lowest BCUT2D eigenvalue weighted by Crippen LogP contribution is -2.28. The average Bonchev–Trinajstić information content (AvgIpc) is 2.87. The molecule has 1 amide bonds. The molecule has 0 unspecified atom stereocenters. The van der Waals surface area contributed by atoms with Crippen molar-refractivity contribution >= 4 is 29.0 Å². The van der Waals surface area contributed by atoms with E-state index in [4.69, 9.17) is 4.74 Å². The first-order valence-electron chi connectivity index (χ1n) is 9.04. The van der Waals surface area contributed by atoms with Gasteiger partial charge < -0.3 is 15.0 Å². The molecule has 2 rings (SSSR count). The van der Waals surface area contributed by atoms with E-state index in [1.807, 2.05) is 31.1 Å². The zero-order chi connectivity index (χ0) is 20.8. The molecule has 28 heavy (non-hydrogen) atoms. The van der Waals surface area contributed by atoms with Crippen LogP contribution in [-0.4, -0.2) is 49.8 Å². The number of ether oxygens (including phenoxy) is 1. The van der Waals surface area contributed by atoms with Crippen molar-refractivity contribution in [1.29, 1.82) is 0 Å². The molecule has 1 aromatic rings. The molecule has 9 heteroatoms. The molecule has 1 aliphatic carbocycles. The minimum absolute atomic E-state index is 0.149. The van der Waals surface area contributed by atoms with Gasteiger partial charge in [-0.05, 0) is 30.2 Å². The summed E-state index contributed by atoms with van der Waals surface area (Å²) in [5, 5.41) is 13.4. The average molecular weight is 391 g/mol. The van der Waals surface area contributed by atoms with Crippen molar-refractivity contribution < 1.29 is 24.0 Å². The highest BCUT2D eigenvalue weighted by atomic mass is 16.6. The number of Topliss-reactive ketones (excluding diaryl/α,β-unsaturated/α-hetero) is 1. The molecule has 0 bridgehead atoms. The number of benzene rings is 1. The summed E-state index contributed by atoms with van der Waals surface area (Å²) in [7, 11) is 3.80. The molecule has 0 aromatic heterocycles. The van der Waals surface area contributed by atoms with Gasteiger partial charge in [-0.25, -0.2) is 0 Å². The third kappa shape index (κ3) is 5.77. The predicted molar refractivity (Wildman–Crippen MR) is 103 cm³/mol. The van der Waals surface area contributed by atoms with Gasteiger partial charge in [0, 0.05) is 48.7 Å². The molecule has 1 saturated carbocycles. The van der Waals surface area contributed by atoms with Crippen LogP contribution in [-0.2, 0) is 19.1 Å². The number of ketones is 1. The van der Waals surface area contributed by atoms with Crippen molar-refractivity contribution in [3.05, 3.63) is 34.4 Å². The van der Waals surface area contributed by atoms with Gasteiger partial charge in [-0.15, -0.1) is 0 Å². The third-order valence-electron chi connectivity index (χ3n) is 4.96. The van der Waals surface area contributed by atoms with Crippen molar-refractivity contribution in [2.24, 2.45) is 17.8 Å². The Morgan fingerprint density at radius 2 is 1.93 bits per heavy atom. The van der Waals surface area contributed by atoms with Gasteiger partial charge in [0.25, 0.3) is 5.91 Å². The van der Waals surface area contributed by atoms with Gasteiger partial charge in [-0.3, -0.25) is 24.5 Å². The first kappa shape index (κ1) is 21.3. The summed E-state index contributed by atoms with van der Waals surface area (Å²) in [5.41, 5.74) is 1.54. The quantitative estimate of drug-likeness (QED) is 0.407. The number of hydrogen-bond donors (Lipinski definition) is 1. The molecule has 1 fully saturated rings. The lowest BCUT2D eigenvalue weighted by Gasteiger charge is -2.17. The maximum absolute atomic E-state index is 12.1. The molecule has 0 heterocycles. The maximum atomic E-state index is 12.1. The SMILES string of the molecule is C[C@H]1CC(=O)[C@@H](CC(=O)OCC(=O)Nc2ccc(N(C)C)cc2)[C@@H]1C[N+](=O)[O-]. The number of amides is 1. The van der Waals surface area contributed by atoms with Crippen LogP contribution in [0, 0.1) is 27.9 Å². The van der Waals surface area contributed by atoms with E-state index in [1.165, 1.54) is 0 Å². The summed E-state index contributed by atoms with van der Waals surface area (Å²) in [4.78, 5) is 48.3.